The molecule has 1 fully saturated rings. The zero-order valence-corrected chi connectivity index (χ0v) is 13.1. The summed E-state index contributed by atoms with van der Waals surface area (Å²) in [5.41, 5.74) is 1.99. The van der Waals surface area contributed by atoms with Gasteiger partial charge in [-0.15, -0.1) is 0 Å². The molecular formula is C17H22N2O3. The monoisotopic (exact) mass is 302 g/mol. The Kier molecular flexibility index (Phi) is 4.75. The van der Waals surface area contributed by atoms with E-state index in [0.29, 0.717) is 19.1 Å². The van der Waals surface area contributed by atoms with E-state index in [-0.39, 0.29) is 6.04 Å². The SMILES string of the molecule is CCCOc1ccc2cc(OC)c(C3COCCN3)cc2n1. The van der Waals surface area contributed by atoms with Crippen molar-refractivity contribution < 1.29 is 14.2 Å². The maximum absolute atomic E-state index is 5.62. The second kappa shape index (κ2) is 6.94. The lowest BCUT2D eigenvalue weighted by molar-refractivity contribution is 0.0761. The van der Waals surface area contributed by atoms with Crippen molar-refractivity contribution in [3.05, 3.63) is 29.8 Å². The van der Waals surface area contributed by atoms with Gasteiger partial charge in [-0.05, 0) is 24.6 Å². The Morgan fingerprint density at radius 2 is 2.27 bits per heavy atom. The Hall–Kier alpha value is -1.85. The van der Waals surface area contributed by atoms with Gasteiger partial charge in [-0.25, -0.2) is 4.98 Å². The number of ether oxygens (including phenoxy) is 3. The molecular weight excluding hydrogens is 280 g/mol. The molecule has 1 aliphatic rings. The quantitative estimate of drug-likeness (QED) is 0.920. The molecule has 0 amide bonds. The lowest BCUT2D eigenvalue weighted by Gasteiger charge is -2.25. The number of benzene rings is 1. The Bertz CT molecular complexity index is 639. The second-order valence-corrected chi connectivity index (χ2v) is 5.37. The third kappa shape index (κ3) is 3.15. The molecule has 1 aromatic heterocycles. The molecule has 2 heterocycles. The van der Waals surface area contributed by atoms with Crippen LogP contribution < -0.4 is 14.8 Å². The topological polar surface area (TPSA) is 52.6 Å². The standard InChI is InChI=1S/C17H22N2O3/c1-3-7-22-17-5-4-12-9-16(20-2)13(10-14(12)19-17)15-11-21-8-6-18-15/h4-5,9-10,15,18H,3,6-8,11H2,1-2H3. The van der Waals surface area contributed by atoms with Crippen LogP contribution in [0.15, 0.2) is 24.3 Å². The fourth-order valence-electron chi connectivity index (χ4n) is 2.65. The summed E-state index contributed by atoms with van der Waals surface area (Å²) in [6, 6.07) is 8.15. The van der Waals surface area contributed by atoms with Crippen LogP contribution in [0.1, 0.15) is 24.9 Å². The van der Waals surface area contributed by atoms with Gasteiger partial charge in [0.05, 0.1) is 38.5 Å². The Morgan fingerprint density at radius 1 is 1.36 bits per heavy atom. The van der Waals surface area contributed by atoms with E-state index in [9.17, 15) is 0 Å². The summed E-state index contributed by atoms with van der Waals surface area (Å²) in [5.74, 6) is 1.53. The number of pyridine rings is 1. The first-order valence-electron chi connectivity index (χ1n) is 7.74. The van der Waals surface area contributed by atoms with Crippen LogP contribution >= 0.6 is 0 Å². The number of hydrogen-bond donors (Lipinski definition) is 1. The third-order valence-corrected chi connectivity index (χ3v) is 3.77. The first-order chi connectivity index (χ1) is 10.8. The van der Waals surface area contributed by atoms with Crippen LogP contribution in [0.4, 0.5) is 0 Å². The average molecular weight is 302 g/mol. The molecule has 1 aliphatic heterocycles. The van der Waals surface area contributed by atoms with Crippen LogP contribution in [0.2, 0.25) is 0 Å². The summed E-state index contributed by atoms with van der Waals surface area (Å²) in [6.07, 6.45) is 0.969. The van der Waals surface area contributed by atoms with Gasteiger partial charge >= 0.3 is 0 Å². The molecule has 5 nitrogen and oxygen atoms in total. The Labute approximate surface area is 130 Å². The van der Waals surface area contributed by atoms with Crippen molar-refractivity contribution >= 4 is 10.9 Å². The van der Waals surface area contributed by atoms with E-state index in [1.807, 2.05) is 18.2 Å². The summed E-state index contributed by atoms with van der Waals surface area (Å²) in [6.45, 7) is 5.00. The number of hydrogen-bond acceptors (Lipinski definition) is 5. The van der Waals surface area contributed by atoms with Gasteiger partial charge in [0.25, 0.3) is 0 Å². The fourth-order valence-corrected chi connectivity index (χ4v) is 2.65. The summed E-state index contributed by atoms with van der Waals surface area (Å²) < 4.78 is 16.7. The van der Waals surface area contributed by atoms with Crippen molar-refractivity contribution in [2.24, 2.45) is 0 Å². The van der Waals surface area contributed by atoms with Crippen molar-refractivity contribution in [3.8, 4) is 11.6 Å². The van der Waals surface area contributed by atoms with Crippen molar-refractivity contribution in [3.63, 3.8) is 0 Å². The van der Waals surface area contributed by atoms with Gasteiger partial charge in [-0.2, -0.15) is 0 Å². The molecule has 3 rings (SSSR count). The number of morpholine rings is 1. The summed E-state index contributed by atoms with van der Waals surface area (Å²) in [5, 5.41) is 4.50. The highest BCUT2D eigenvalue weighted by Crippen LogP contribution is 2.31. The van der Waals surface area contributed by atoms with Gasteiger partial charge < -0.3 is 19.5 Å². The molecule has 118 valence electrons. The molecule has 1 saturated heterocycles. The summed E-state index contributed by atoms with van der Waals surface area (Å²) >= 11 is 0. The Balaban J connectivity index is 1.98. The highest BCUT2D eigenvalue weighted by atomic mass is 16.5. The average Bonchev–Trinajstić information content (AvgIpc) is 2.59. The highest BCUT2D eigenvalue weighted by molar-refractivity contribution is 5.82. The molecule has 0 saturated carbocycles. The van der Waals surface area contributed by atoms with Crippen LogP contribution in [0.3, 0.4) is 0 Å². The molecule has 1 aromatic carbocycles. The minimum absolute atomic E-state index is 0.134. The lowest BCUT2D eigenvalue weighted by atomic mass is 10.0. The van der Waals surface area contributed by atoms with Crippen molar-refractivity contribution in [2.45, 2.75) is 19.4 Å². The van der Waals surface area contributed by atoms with Crippen LogP contribution in [0.5, 0.6) is 11.6 Å². The number of nitrogens with one attached hydrogen (secondary N) is 1. The minimum Gasteiger partial charge on any atom is -0.496 e. The van der Waals surface area contributed by atoms with Crippen LogP contribution in [-0.2, 0) is 4.74 Å². The van der Waals surface area contributed by atoms with Crippen LogP contribution in [0.25, 0.3) is 10.9 Å². The Morgan fingerprint density at radius 3 is 3.00 bits per heavy atom. The summed E-state index contributed by atoms with van der Waals surface area (Å²) in [4.78, 5) is 4.60. The lowest BCUT2D eigenvalue weighted by Crippen LogP contribution is -2.34. The maximum atomic E-state index is 5.62. The van der Waals surface area contributed by atoms with Crippen molar-refractivity contribution in [1.29, 1.82) is 0 Å². The first kappa shape index (κ1) is 15.1. The van der Waals surface area contributed by atoms with Crippen LogP contribution in [0, 0.1) is 0 Å². The van der Waals surface area contributed by atoms with Crippen LogP contribution in [-0.4, -0.2) is 38.5 Å². The predicted octanol–water partition coefficient (Wildman–Crippen LogP) is 2.69. The molecule has 0 spiro atoms. The molecule has 0 bridgehead atoms. The maximum Gasteiger partial charge on any atom is 0.213 e. The van der Waals surface area contributed by atoms with Crippen molar-refractivity contribution in [1.82, 2.24) is 10.3 Å². The number of rotatable bonds is 5. The molecule has 1 atom stereocenters. The first-order valence-corrected chi connectivity index (χ1v) is 7.74. The second-order valence-electron chi connectivity index (χ2n) is 5.37. The van der Waals surface area contributed by atoms with E-state index < -0.39 is 0 Å². The smallest absolute Gasteiger partial charge is 0.213 e. The number of methoxy groups -OCH3 is 1. The molecule has 0 radical (unpaired) electrons. The van der Waals surface area contributed by atoms with Gasteiger partial charge in [0, 0.05) is 23.6 Å². The molecule has 22 heavy (non-hydrogen) atoms. The highest BCUT2D eigenvalue weighted by Gasteiger charge is 2.20. The number of aromatic nitrogens is 1. The minimum atomic E-state index is 0.134. The number of fused-ring (bicyclic) bond motifs is 1. The largest absolute Gasteiger partial charge is 0.496 e. The van der Waals surface area contributed by atoms with E-state index in [1.165, 1.54) is 0 Å². The van der Waals surface area contributed by atoms with Gasteiger partial charge in [-0.3, -0.25) is 0 Å². The van der Waals surface area contributed by atoms with E-state index >= 15 is 0 Å². The predicted molar refractivity (Wildman–Crippen MR) is 85.6 cm³/mol. The number of nitrogens with zero attached hydrogens (tertiary/aromatic N) is 1. The normalized spacial score (nSPS) is 18.4. The fraction of sp³-hybridized carbons (Fsp3) is 0.471. The molecule has 0 aliphatic carbocycles. The van der Waals surface area contributed by atoms with Gasteiger partial charge in [-0.1, -0.05) is 6.92 Å². The van der Waals surface area contributed by atoms with Gasteiger partial charge in [0.15, 0.2) is 0 Å². The zero-order valence-electron chi connectivity index (χ0n) is 13.1. The van der Waals surface area contributed by atoms with E-state index in [4.69, 9.17) is 14.2 Å². The zero-order chi connectivity index (χ0) is 15.4. The van der Waals surface area contributed by atoms with Gasteiger partial charge in [0.1, 0.15) is 5.75 Å². The van der Waals surface area contributed by atoms with E-state index in [0.717, 1.165) is 41.8 Å². The molecule has 1 unspecified atom stereocenters. The van der Waals surface area contributed by atoms with E-state index in [2.05, 4.69) is 23.3 Å². The molecule has 5 heteroatoms. The van der Waals surface area contributed by atoms with Crippen molar-refractivity contribution in [2.75, 3.05) is 33.5 Å². The van der Waals surface area contributed by atoms with E-state index in [1.54, 1.807) is 7.11 Å². The van der Waals surface area contributed by atoms with Gasteiger partial charge in [0.2, 0.25) is 5.88 Å². The molecule has 2 aromatic rings. The third-order valence-electron chi connectivity index (χ3n) is 3.77. The molecule has 1 N–H and O–H groups in total. The summed E-state index contributed by atoms with van der Waals surface area (Å²) in [7, 11) is 1.69.